The quantitative estimate of drug-likeness (QED) is 0.562. The molecule has 0 aliphatic rings. The first kappa shape index (κ1) is 12.1. The van der Waals surface area contributed by atoms with Crippen molar-refractivity contribution in [3.63, 3.8) is 0 Å². The number of hydrogen-bond donors (Lipinski definition) is 3. The van der Waals surface area contributed by atoms with Gasteiger partial charge in [0, 0.05) is 6.20 Å². The molecule has 0 saturated carbocycles. The molecule has 0 aliphatic carbocycles. The summed E-state index contributed by atoms with van der Waals surface area (Å²) < 4.78 is 5.61. The molecule has 18 heavy (non-hydrogen) atoms. The molecule has 0 aliphatic heterocycles. The molecule has 0 amide bonds. The first-order valence-corrected chi connectivity index (χ1v) is 5.38. The van der Waals surface area contributed by atoms with Crippen LogP contribution in [0.3, 0.4) is 0 Å². The number of rotatable bonds is 4. The van der Waals surface area contributed by atoms with E-state index >= 15 is 0 Å². The second-order valence-electron chi connectivity index (χ2n) is 3.67. The van der Waals surface area contributed by atoms with Crippen molar-refractivity contribution in [1.29, 1.82) is 5.41 Å². The van der Waals surface area contributed by atoms with Gasteiger partial charge in [-0.3, -0.25) is 5.41 Å². The fourth-order valence-electron chi connectivity index (χ4n) is 1.47. The van der Waals surface area contributed by atoms with E-state index in [4.69, 9.17) is 21.0 Å². The minimum atomic E-state index is -0.141. The van der Waals surface area contributed by atoms with Crippen LogP contribution >= 0.6 is 0 Å². The van der Waals surface area contributed by atoms with E-state index in [1.54, 1.807) is 42.6 Å². The number of hydrogen-bond acceptors (Lipinski definition) is 4. The normalized spacial score (nSPS) is 10.1. The number of nitrogen functional groups attached to an aromatic ring is 1. The van der Waals surface area contributed by atoms with Gasteiger partial charge < -0.3 is 15.6 Å². The lowest BCUT2D eigenvalue weighted by Gasteiger charge is -2.09. The Hall–Kier alpha value is -2.40. The van der Waals surface area contributed by atoms with E-state index in [0.717, 1.165) is 5.56 Å². The van der Waals surface area contributed by atoms with Gasteiger partial charge in [-0.1, -0.05) is 12.1 Å². The molecule has 2 rings (SSSR count). The van der Waals surface area contributed by atoms with E-state index in [2.05, 4.69) is 4.98 Å². The van der Waals surface area contributed by atoms with Gasteiger partial charge in [-0.2, -0.15) is 0 Å². The molecular formula is C13H13N3O2. The van der Waals surface area contributed by atoms with Gasteiger partial charge in [-0.25, -0.2) is 4.98 Å². The molecular weight excluding hydrogens is 230 g/mol. The summed E-state index contributed by atoms with van der Waals surface area (Å²) in [5.41, 5.74) is 6.54. The summed E-state index contributed by atoms with van der Waals surface area (Å²) >= 11 is 0. The molecule has 0 atom stereocenters. The summed E-state index contributed by atoms with van der Waals surface area (Å²) in [6, 6.07) is 10.4. The average Bonchev–Trinajstić information content (AvgIpc) is 2.40. The van der Waals surface area contributed by atoms with E-state index < -0.39 is 0 Å². The second-order valence-corrected chi connectivity index (χ2v) is 3.67. The van der Waals surface area contributed by atoms with Crippen LogP contribution in [0, 0.1) is 5.41 Å². The third-order valence-corrected chi connectivity index (χ3v) is 2.36. The Kier molecular flexibility index (Phi) is 3.54. The second kappa shape index (κ2) is 5.29. The van der Waals surface area contributed by atoms with Crippen molar-refractivity contribution < 1.29 is 9.84 Å². The Morgan fingerprint density at radius 3 is 2.61 bits per heavy atom. The number of nitrogens with zero attached hydrogens (tertiary/aromatic N) is 1. The third-order valence-electron chi connectivity index (χ3n) is 2.36. The zero-order chi connectivity index (χ0) is 13.0. The Bertz CT molecular complexity index is 552. The van der Waals surface area contributed by atoms with Gasteiger partial charge in [0.15, 0.2) is 5.75 Å². The van der Waals surface area contributed by atoms with Gasteiger partial charge in [0.05, 0.1) is 6.61 Å². The van der Waals surface area contributed by atoms with E-state index in [1.807, 2.05) is 0 Å². The zero-order valence-electron chi connectivity index (χ0n) is 9.63. The van der Waals surface area contributed by atoms with Crippen LogP contribution in [0.5, 0.6) is 11.5 Å². The average molecular weight is 243 g/mol. The first-order valence-electron chi connectivity index (χ1n) is 5.38. The number of aliphatic hydroxyl groups excluding tert-OH is 1. The van der Waals surface area contributed by atoms with Gasteiger partial charge in [0.25, 0.3) is 0 Å². The van der Waals surface area contributed by atoms with Crippen LogP contribution in [0.25, 0.3) is 0 Å². The maximum absolute atomic E-state index is 8.94. The smallest absolute Gasteiger partial charge is 0.156 e. The fraction of sp³-hybridized carbons (Fsp3) is 0.0769. The van der Waals surface area contributed by atoms with E-state index in [-0.39, 0.29) is 12.4 Å². The minimum Gasteiger partial charge on any atom is -0.455 e. The van der Waals surface area contributed by atoms with Crippen LogP contribution in [0.4, 0.5) is 0 Å². The molecule has 1 heterocycles. The minimum absolute atomic E-state index is 0.00807. The summed E-state index contributed by atoms with van der Waals surface area (Å²) in [4.78, 5) is 3.99. The van der Waals surface area contributed by atoms with E-state index in [1.165, 1.54) is 0 Å². The van der Waals surface area contributed by atoms with Crippen molar-refractivity contribution >= 4 is 5.84 Å². The van der Waals surface area contributed by atoms with Crippen molar-refractivity contribution in [2.75, 3.05) is 0 Å². The lowest BCUT2D eigenvalue weighted by Crippen LogP contribution is -2.14. The number of amidine groups is 1. The first-order chi connectivity index (χ1) is 8.70. The van der Waals surface area contributed by atoms with Crippen molar-refractivity contribution in [3.05, 3.63) is 53.9 Å². The SMILES string of the molecule is N=C(N)c1ncccc1Oc1ccc(CO)cc1. The molecule has 5 heteroatoms. The number of nitrogens with one attached hydrogen (secondary N) is 1. The van der Waals surface area contributed by atoms with Gasteiger partial charge in [-0.15, -0.1) is 0 Å². The molecule has 0 spiro atoms. The van der Waals surface area contributed by atoms with Crippen molar-refractivity contribution in [1.82, 2.24) is 4.98 Å². The van der Waals surface area contributed by atoms with E-state index in [0.29, 0.717) is 17.2 Å². The van der Waals surface area contributed by atoms with Crippen LogP contribution in [0.1, 0.15) is 11.3 Å². The summed E-state index contributed by atoms with van der Waals surface area (Å²) in [6.07, 6.45) is 1.55. The maximum atomic E-state index is 8.94. The fourth-order valence-corrected chi connectivity index (χ4v) is 1.47. The van der Waals surface area contributed by atoms with Crippen molar-refractivity contribution in [2.24, 2.45) is 5.73 Å². The topological polar surface area (TPSA) is 92.2 Å². The zero-order valence-corrected chi connectivity index (χ0v) is 9.63. The molecule has 1 aromatic carbocycles. The molecule has 0 bridgehead atoms. The van der Waals surface area contributed by atoms with Crippen LogP contribution in [-0.4, -0.2) is 15.9 Å². The number of aromatic nitrogens is 1. The predicted octanol–water partition coefficient (Wildman–Crippen LogP) is 1.65. The monoisotopic (exact) mass is 243 g/mol. The van der Waals surface area contributed by atoms with Crippen LogP contribution in [0.15, 0.2) is 42.6 Å². The van der Waals surface area contributed by atoms with Gasteiger partial charge in [0.1, 0.15) is 17.3 Å². The standard InChI is InChI=1S/C13H13N3O2/c14-13(15)12-11(2-1-7-16-12)18-10-5-3-9(8-17)4-6-10/h1-7,17H,8H2,(H3,14,15). The molecule has 5 nitrogen and oxygen atoms in total. The highest BCUT2D eigenvalue weighted by molar-refractivity contribution is 5.95. The summed E-state index contributed by atoms with van der Waals surface area (Å²) in [7, 11) is 0. The molecule has 1 aromatic heterocycles. The summed E-state index contributed by atoms with van der Waals surface area (Å²) in [5.74, 6) is 0.891. The lowest BCUT2D eigenvalue weighted by atomic mass is 10.2. The number of aliphatic hydroxyl groups is 1. The summed E-state index contributed by atoms with van der Waals surface area (Å²) in [6.45, 7) is -0.00807. The maximum Gasteiger partial charge on any atom is 0.156 e. The highest BCUT2D eigenvalue weighted by atomic mass is 16.5. The molecule has 92 valence electrons. The Balaban J connectivity index is 2.25. The lowest BCUT2D eigenvalue weighted by molar-refractivity contribution is 0.281. The molecule has 0 unspecified atom stereocenters. The number of nitrogens with two attached hydrogens (primary N) is 1. The van der Waals surface area contributed by atoms with E-state index in [9.17, 15) is 0 Å². The van der Waals surface area contributed by atoms with Gasteiger partial charge in [0.2, 0.25) is 0 Å². The summed E-state index contributed by atoms with van der Waals surface area (Å²) in [5, 5.41) is 16.3. The molecule has 0 radical (unpaired) electrons. The molecule has 4 N–H and O–H groups in total. The molecule has 0 fully saturated rings. The van der Waals surface area contributed by atoms with Crippen LogP contribution in [-0.2, 0) is 6.61 Å². The van der Waals surface area contributed by atoms with Crippen molar-refractivity contribution in [3.8, 4) is 11.5 Å². The Morgan fingerprint density at radius 1 is 1.28 bits per heavy atom. The Labute approximate surface area is 104 Å². The van der Waals surface area contributed by atoms with Crippen molar-refractivity contribution in [2.45, 2.75) is 6.61 Å². The number of ether oxygens (including phenoxy) is 1. The Morgan fingerprint density at radius 2 is 2.00 bits per heavy atom. The molecule has 0 saturated heterocycles. The third kappa shape index (κ3) is 2.64. The highest BCUT2D eigenvalue weighted by Crippen LogP contribution is 2.23. The molecule has 2 aromatic rings. The largest absolute Gasteiger partial charge is 0.455 e. The van der Waals surface area contributed by atoms with Gasteiger partial charge >= 0.3 is 0 Å². The number of pyridine rings is 1. The van der Waals surface area contributed by atoms with Crippen LogP contribution in [0.2, 0.25) is 0 Å². The number of benzene rings is 1. The van der Waals surface area contributed by atoms with Crippen LogP contribution < -0.4 is 10.5 Å². The predicted molar refractivity (Wildman–Crippen MR) is 67.7 cm³/mol. The van der Waals surface area contributed by atoms with Gasteiger partial charge in [-0.05, 0) is 29.8 Å². The highest BCUT2D eigenvalue weighted by Gasteiger charge is 2.08.